The summed E-state index contributed by atoms with van der Waals surface area (Å²) in [5, 5.41) is 14.3. The number of halogens is 4. The van der Waals surface area contributed by atoms with Crippen molar-refractivity contribution >= 4 is 40.1 Å². The van der Waals surface area contributed by atoms with E-state index in [1.807, 2.05) is 0 Å². The Bertz CT molecular complexity index is 1120. The second kappa shape index (κ2) is 6.09. The first-order valence-corrected chi connectivity index (χ1v) is 8.25. The van der Waals surface area contributed by atoms with Crippen LogP contribution in [0.5, 0.6) is 0 Å². The van der Waals surface area contributed by atoms with Gasteiger partial charge in [-0.2, -0.15) is 18.3 Å². The van der Waals surface area contributed by atoms with E-state index in [-0.39, 0.29) is 17.5 Å². The lowest BCUT2D eigenvalue weighted by atomic mass is 10.0. The molecule has 0 saturated heterocycles. The molecule has 0 unspecified atom stereocenters. The summed E-state index contributed by atoms with van der Waals surface area (Å²) in [6.45, 7) is -1.25. The second-order valence-electron chi connectivity index (χ2n) is 6.16. The molecular formula is C18H11ClF3N3O2. The SMILES string of the molecule is O=C(O)c1ccnc2c1CC(c1nn(CC(F)(F)F)c3cc(Cl)ccc13)=C2. The zero-order valence-corrected chi connectivity index (χ0v) is 14.3. The maximum atomic E-state index is 12.9. The third-order valence-corrected chi connectivity index (χ3v) is 4.58. The van der Waals surface area contributed by atoms with E-state index < -0.39 is 18.7 Å². The molecule has 1 N–H and O–H groups in total. The van der Waals surface area contributed by atoms with Gasteiger partial charge >= 0.3 is 12.1 Å². The molecule has 2 aromatic heterocycles. The van der Waals surface area contributed by atoms with E-state index >= 15 is 0 Å². The van der Waals surface area contributed by atoms with Crippen molar-refractivity contribution in [1.29, 1.82) is 0 Å². The van der Waals surface area contributed by atoms with E-state index in [0.29, 0.717) is 32.9 Å². The molecule has 0 spiro atoms. The van der Waals surface area contributed by atoms with E-state index in [1.54, 1.807) is 18.2 Å². The van der Waals surface area contributed by atoms with Crippen molar-refractivity contribution < 1.29 is 23.1 Å². The zero-order valence-electron chi connectivity index (χ0n) is 13.6. The average Bonchev–Trinajstić information content (AvgIpc) is 3.14. The molecule has 1 aliphatic rings. The lowest BCUT2D eigenvalue weighted by molar-refractivity contribution is -0.141. The van der Waals surface area contributed by atoms with E-state index in [1.165, 1.54) is 18.3 Å². The van der Waals surface area contributed by atoms with Crippen LogP contribution in [-0.2, 0) is 13.0 Å². The van der Waals surface area contributed by atoms with Gasteiger partial charge in [0.1, 0.15) is 6.54 Å². The number of aromatic carboxylic acids is 1. The summed E-state index contributed by atoms with van der Waals surface area (Å²) in [4.78, 5) is 15.6. The van der Waals surface area contributed by atoms with Crippen molar-refractivity contribution in [1.82, 2.24) is 14.8 Å². The lowest BCUT2D eigenvalue weighted by Crippen LogP contribution is -2.18. The molecule has 2 heterocycles. The maximum Gasteiger partial charge on any atom is 0.408 e. The number of fused-ring (bicyclic) bond motifs is 2. The van der Waals surface area contributed by atoms with E-state index in [0.717, 1.165) is 4.68 Å². The fraction of sp³-hybridized carbons (Fsp3) is 0.167. The van der Waals surface area contributed by atoms with Gasteiger partial charge in [-0.3, -0.25) is 9.67 Å². The van der Waals surface area contributed by atoms with Gasteiger partial charge in [-0.1, -0.05) is 11.6 Å². The number of benzene rings is 1. The van der Waals surface area contributed by atoms with Crippen LogP contribution in [0.4, 0.5) is 13.2 Å². The fourth-order valence-electron chi connectivity index (χ4n) is 3.25. The van der Waals surface area contributed by atoms with Crippen LogP contribution in [-0.4, -0.2) is 32.0 Å². The molecule has 4 rings (SSSR count). The highest BCUT2D eigenvalue weighted by atomic mass is 35.5. The van der Waals surface area contributed by atoms with E-state index in [4.69, 9.17) is 11.6 Å². The molecule has 0 fully saturated rings. The summed E-state index contributed by atoms with van der Waals surface area (Å²) in [6.07, 6.45) is -1.16. The maximum absolute atomic E-state index is 12.9. The number of carboxylic acid groups (broad SMARTS) is 1. The van der Waals surface area contributed by atoms with Crippen LogP contribution < -0.4 is 0 Å². The fourth-order valence-corrected chi connectivity index (χ4v) is 3.42. The molecule has 1 aliphatic carbocycles. The quantitative estimate of drug-likeness (QED) is 0.714. The minimum atomic E-state index is -4.44. The summed E-state index contributed by atoms with van der Waals surface area (Å²) < 4.78 is 39.7. The smallest absolute Gasteiger partial charge is 0.408 e. The standard InChI is InChI=1S/C18H11ClF3N3O2/c19-10-1-2-12-15(7-10)25(8-18(20,21)22)24-16(12)9-5-13-11(17(26)27)3-4-23-14(13)6-9/h1-4,6-7H,5,8H2,(H,26,27). The zero-order chi connectivity index (χ0) is 19.3. The van der Waals surface area contributed by atoms with Crippen molar-refractivity contribution in [3.05, 3.63) is 58.0 Å². The number of carbonyl (C=O) groups is 1. The Hall–Kier alpha value is -2.87. The van der Waals surface area contributed by atoms with Gasteiger partial charge in [0.15, 0.2) is 0 Å². The van der Waals surface area contributed by atoms with Gasteiger partial charge in [0.25, 0.3) is 0 Å². The first-order chi connectivity index (χ1) is 12.7. The second-order valence-corrected chi connectivity index (χ2v) is 6.59. The molecule has 0 bridgehead atoms. The Labute approximate surface area is 155 Å². The van der Waals surface area contributed by atoms with Gasteiger partial charge in [-0.05, 0) is 41.5 Å². The van der Waals surface area contributed by atoms with Crippen molar-refractivity contribution in [2.75, 3.05) is 0 Å². The van der Waals surface area contributed by atoms with Gasteiger partial charge in [0.2, 0.25) is 0 Å². The molecule has 9 heteroatoms. The Morgan fingerprint density at radius 1 is 1.30 bits per heavy atom. The number of alkyl halides is 3. The Morgan fingerprint density at radius 2 is 2.07 bits per heavy atom. The summed E-state index contributed by atoms with van der Waals surface area (Å²) in [7, 11) is 0. The number of carboxylic acids is 1. The molecular weight excluding hydrogens is 383 g/mol. The highest BCUT2D eigenvalue weighted by molar-refractivity contribution is 6.31. The van der Waals surface area contributed by atoms with Crippen LogP contribution in [0.25, 0.3) is 22.6 Å². The molecule has 0 aliphatic heterocycles. The van der Waals surface area contributed by atoms with Crippen LogP contribution >= 0.6 is 11.6 Å². The molecule has 3 aromatic rings. The van der Waals surface area contributed by atoms with Crippen molar-refractivity contribution in [2.45, 2.75) is 19.1 Å². The molecule has 1 aromatic carbocycles. The average molecular weight is 394 g/mol. The number of nitrogens with zero attached hydrogens (tertiary/aromatic N) is 3. The third kappa shape index (κ3) is 3.16. The normalized spacial score (nSPS) is 13.7. The van der Waals surface area contributed by atoms with Crippen LogP contribution in [0.1, 0.15) is 27.3 Å². The number of rotatable bonds is 3. The number of allylic oxidation sites excluding steroid dienone is 1. The summed E-state index contributed by atoms with van der Waals surface area (Å²) in [5.41, 5.74) is 2.36. The van der Waals surface area contributed by atoms with Gasteiger partial charge < -0.3 is 5.11 Å². The molecule has 5 nitrogen and oxygen atoms in total. The monoisotopic (exact) mass is 393 g/mol. The predicted molar refractivity (Wildman–Crippen MR) is 93.6 cm³/mol. The lowest BCUT2D eigenvalue weighted by Gasteiger charge is -2.07. The van der Waals surface area contributed by atoms with Crippen LogP contribution in [0.15, 0.2) is 30.5 Å². The number of hydrogen-bond acceptors (Lipinski definition) is 3. The number of hydrogen-bond donors (Lipinski definition) is 1. The molecule has 0 saturated carbocycles. The number of aromatic nitrogens is 3. The van der Waals surface area contributed by atoms with Crippen LogP contribution in [0.3, 0.4) is 0 Å². The first kappa shape index (κ1) is 17.5. The molecule has 138 valence electrons. The molecule has 27 heavy (non-hydrogen) atoms. The number of pyridine rings is 1. The van der Waals surface area contributed by atoms with E-state index in [9.17, 15) is 23.1 Å². The van der Waals surface area contributed by atoms with Gasteiger partial charge in [-0.25, -0.2) is 4.79 Å². The highest BCUT2D eigenvalue weighted by Crippen LogP contribution is 2.36. The molecule has 0 atom stereocenters. The molecule has 0 radical (unpaired) electrons. The molecule has 0 amide bonds. The Balaban J connectivity index is 1.84. The highest BCUT2D eigenvalue weighted by Gasteiger charge is 2.31. The van der Waals surface area contributed by atoms with Crippen molar-refractivity contribution in [2.24, 2.45) is 0 Å². The summed E-state index contributed by atoms with van der Waals surface area (Å²) in [6, 6.07) is 6.03. The predicted octanol–water partition coefficient (Wildman–Crippen LogP) is 4.44. The summed E-state index contributed by atoms with van der Waals surface area (Å²) in [5.74, 6) is -1.08. The minimum absolute atomic E-state index is 0.119. The van der Waals surface area contributed by atoms with Gasteiger partial charge in [0, 0.05) is 23.0 Å². The third-order valence-electron chi connectivity index (χ3n) is 4.34. The topological polar surface area (TPSA) is 68.0 Å². The van der Waals surface area contributed by atoms with Crippen molar-refractivity contribution in [3.8, 4) is 0 Å². The minimum Gasteiger partial charge on any atom is -0.478 e. The Kier molecular flexibility index (Phi) is 3.96. The van der Waals surface area contributed by atoms with E-state index in [2.05, 4.69) is 10.1 Å². The Morgan fingerprint density at radius 3 is 2.78 bits per heavy atom. The largest absolute Gasteiger partial charge is 0.478 e. The first-order valence-electron chi connectivity index (χ1n) is 7.88. The van der Waals surface area contributed by atoms with Gasteiger partial charge in [-0.15, -0.1) is 0 Å². The summed E-state index contributed by atoms with van der Waals surface area (Å²) >= 11 is 5.95. The van der Waals surface area contributed by atoms with Gasteiger partial charge in [0.05, 0.1) is 22.5 Å². The van der Waals surface area contributed by atoms with Crippen LogP contribution in [0.2, 0.25) is 5.02 Å². The van der Waals surface area contributed by atoms with Crippen molar-refractivity contribution in [3.63, 3.8) is 0 Å². The van der Waals surface area contributed by atoms with Crippen LogP contribution in [0, 0.1) is 0 Å².